The topological polar surface area (TPSA) is 61.1 Å². The van der Waals surface area contributed by atoms with Gasteiger partial charge in [0.1, 0.15) is 11.6 Å². The van der Waals surface area contributed by atoms with Crippen LogP contribution in [0.3, 0.4) is 0 Å². The van der Waals surface area contributed by atoms with Gasteiger partial charge in [-0.05, 0) is 24.0 Å². The number of carbonyl (C=O) groups is 1. The molecule has 0 atom stereocenters. The Morgan fingerprint density at radius 2 is 1.94 bits per heavy atom. The molecule has 3 nitrogen and oxygen atoms in total. The van der Waals surface area contributed by atoms with Gasteiger partial charge in [-0.1, -0.05) is 37.3 Å². The molecule has 3 heteroatoms. The summed E-state index contributed by atoms with van der Waals surface area (Å²) in [5.41, 5.74) is 2.04. The number of benzene rings is 1. The second kappa shape index (κ2) is 5.72. The number of aryl methyl sites for hydroxylation is 1. The van der Waals surface area contributed by atoms with Crippen LogP contribution in [0.15, 0.2) is 35.9 Å². The number of rotatable bonds is 4. The Morgan fingerprint density at radius 3 is 2.38 bits per heavy atom. The van der Waals surface area contributed by atoms with Crippen molar-refractivity contribution in [3.05, 3.63) is 47.0 Å². The molecule has 0 heterocycles. The summed E-state index contributed by atoms with van der Waals surface area (Å²) in [6.45, 7) is 2.08. The Kier molecular flexibility index (Phi) is 4.28. The zero-order chi connectivity index (χ0) is 12.0. The zero-order valence-corrected chi connectivity index (χ0v) is 9.10. The Bertz CT molecular complexity index is 438. The highest BCUT2D eigenvalue weighted by Gasteiger charge is 2.04. The van der Waals surface area contributed by atoms with Crippen molar-refractivity contribution in [2.45, 2.75) is 19.8 Å². The molecule has 0 bridgehead atoms. The second-order valence-corrected chi connectivity index (χ2v) is 3.41. The minimum absolute atomic E-state index is 0.209. The average Bonchev–Trinajstić information content (AvgIpc) is 2.30. The summed E-state index contributed by atoms with van der Waals surface area (Å²) in [6, 6.07) is 9.58. The molecule has 0 aromatic heterocycles. The van der Waals surface area contributed by atoms with E-state index in [2.05, 4.69) is 6.92 Å². The van der Waals surface area contributed by atoms with Gasteiger partial charge in [0.15, 0.2) is 0 Å². The van der Waals surface area contributed by atoms with Crippen LogP contribution >= 0.6 is 0 Å². The number of aliphatic carboxylic acids is 1. The fraction of sp³-hybridized carbons (Fsp3) is 0.231. The lowest BCUT2D eigenvalue weighted by molar-refractivity contribution is -0.132. The molecular weight excluding hydrogens is 202 g/mol. The number of carboxylic acid groups (broad SMARTS) is 1. The molecule has 1 aromatic carbocycles. The predicted octanol–water partition coefficient (Wildman–Crippen LogP) is 2.33. The van der Waals surface area contributed by atoms with E-state index in [1.54, 1.807) is 6.07 Å². The summed E-state index contributed by atoms with van der Waals surface area (Å²) in [4.78, 5) is 10.6. The van der Waals surface area contributed by atoms with Crippen molar-refractivity contribution in [3.8, 4) is 6.07 Å². The summed E-state index contributed by atoms with van der Waals surface area (Å²) in [6.07, 6.45) is 2.89. The number of hydrogen-bond donors (Lipinski definition) is 1. The maximum absolute atomic E-state index is 10.6. The Morgan fingerprint density at radius 1 is 1.38 bits per heavy atom. The normalized spacial score (nSPS) is 10.9. The van der Waals surface area contributed by atoms with Gasteiger partial charge in [-0.25, -0.2) is 4.79 Å². The third-order valence-corrected chi connectivity index (χ3v) is 2.32. The smallest absolute Gasteiger partial charge is 0.346 e. The van der Waals surface area contributed by atoms with Crippen LogP contribution in [0, 0.1) is 11.3 Å². The molecule has 0 radical (unpaired) electrons. The van der Waals surface area contributed by atoms with Gasteiger partial charge in [0, 0.05) is 0 Å². The lowest BCUT2D eigenvalue weighted by Crippen LogP contribution is -1.98. The first-order valence-corrected chi connectivity index (χ1v) is 5.08. The van der Waals surface area contributed by atoms with Crippen molar-refractivity contribution in [1.29, 1.82) is 5.26 Å². The minimum atomic E-state index is -1.17. The van der Waals surface area contributed by atoms with E-state index in [0.29, 0.717) is 6.42 Å². The molecule has 82 valence electrons. The van der Waals surface area contributed by atoms with Crippen LogP contribution < -0.4 is 0 Å². The molecule has 0 spiro atoms. The first-order chi connectivity index (χ1) is 7.67. The van der Waals surface area contributed by atoms with Gasteiger partial charge < -0.3 is 5.11 Å². The van der Waals surface area contributed by atoms with E-state index in [-0.39, 0.29) is 5.57 Å². The van der Waals surface area contributed by atoms with E-state index in [0.717, 1.165) is 12.0 Å². The summed E-state index contributed by atoms with van der Waals surface area (Å²) in [7, 11) is 0. The first-order valence-electron chi connectivity index (χ1n) is 5.08. The molecule has 0 unspecified atom stereocenters. The lowest BCUT2D eigenvalue weighted by Gasteiger charge is -1.99. The van der Waals surface area contributed by atoms with Crippen LogP contribution in [0.5, 0.6) is 0 Å². The largest absolute Gasteiger partial charge is 0.477 e. The van der Waals surface area contributed by atoms with Crippen LogP contribution in [0.25, 0.3) is 0 Å². The van der Waals surface area contributed by atoms with Gasteiger partial charge in [-0.15, -0.1) is 0 Å². The third kappa shape index (κ3) is 3.25. The maximum Gasteiger partial charge on any atom is 0.346 e. The van der Waals surface area contributed by atoms with E-state index in [1.807, 2.05) is 24.3 Å². The molecule has 16 heavy (non-hydrogen) atoms. The molecule has 0 saturated carbocycles. The van der Waals surface area contributed by atoms with Gasteiger partial charge in [-0.3, -0.25) is 0 Å². The van der Waals surface area contributed by atoms with E-state index < -0.39 is 5.97 Å². The molecule has 0 fully saturated rings. The molecule has 0 aliphatic rings. The minimum Gasteiger partial charge on any atom is -0.477 e. The van der Waals surface area contributed by atoms with Crippen LogP contribution in [0.4, 0.5) is 0 Å². The van der Waals surface area contributed by atoms with Crippen molar-refractivity contribution in [2.75, 3.05) is 0 Å². The fourth-order valence-electron chi connectivity index (χ4n) is 1.31. The monoisotopic (exact) mass is 215 g/mol. The summed E-state index contributed by atoms with van der Waals surface area (Å²) in [5, 5.41) is 17.2. The molecular formula is C13H13NO2. The molecule has 1 N–H and O–H groups in total. The van der Waals surface area contributed by atoms with Gasteiger partial charge >= 0.3 is 5.97 Å². The van der Waals surface area contributed by atoms with Crippen molar-refractivity contribution < 1.29 is 9.90 Å². The highest BCUT2D eigenvalue weighted by Crippen LogP contribution is 2.07. The van der Waals surface area contributed by atoms with Crippen molar-refractivity contribution in [1.82, 2.24) is 0 Å². The summed E-state index contributed by atoms with van der Waals surface area (Å²) in [5.74, 6) is -1.17. The Balaban J connectivity index is 2.74. The van der Waals surface area contributed by atoms with Gasteiger partial charge in [0.05, 0.1) is 0 Å². The standard InChI is InChI=1S/C13H13NO2/c1-2-10-3-5-11(6-4-10)7-8-12(9-14)13(15)16/h3-6,8H,2,7H2,1H3,(H,15,16)/b12-8+. The number of nitriles is 1. The van der Waals surface area contributed by atoms with E-state index in [4.69, 9.17) is 10.4 Å². The number of carboxylic acids is 1. The zero-order valence-electron chi connectivity index (χ0n) is 9.10. The third-order valence-electron chi connectivity index (χ3n) is 2.32. The van der Waals surface area contributed by atoms with Gasteiger partial charge in [0.25, 0.3) is 0 Å². The van der Waals surface area contributed by atoms with Crippen LogP contribution in [0.2, 0.25) is 0 Å². The second-order valence-electron chi connectivity index (χ2n) is 3.41. The molecule has 0 aliphatic carbocycles. The number of allylic oxidation sites excluding steroid dienone is 1. The predicted molar refractivity (Wildman–Crippen MR) is 60.9 cm³/mol. The summed E-state index contributed by atoms with van der Waals surface area (Å²) < 4.78 is 0. The van der Waals surface area contributed by atoms with Gasteiger partial charge in [0.2, 0.25) is 0 Å². The molecule has 0 saturated heterocycles. The maximum atomic E-state index is 10.6. The van der Waals surface area contributed by atoms with Crippen LogP contribution in [0.1, 0.15) is 18.1 Å². The van der Waals surface area contributed by atoms with Gasteiger partial charge in [-0.2, -0.15) is 5.26 Å². The quantitative estimate of drug-likeness (QED) is 0.619. The highest BCUT2D eigenvalue weighted by atomic mass is 16.4. The van der Waals surface area contributed by atoms with Crippen molar-refractivity contribution in [3.63, 3.8) is 0 Å². The van der Waals surface area contributed by atoms with E-state index in [1.165, 1.54) is 11.6 Å². The van der Waals surface area contributed by atoms with Crippen molar-refractivity contribution >= 4 is 5.97 Å². The van der Waals surface area contributed by atoms with Crippen LogP contribution in [-0.4, -0.2) is 11.1 Å². The Labute approximate surface area is 94.6 Å². The molecule has 1 rings (SSSR count). The van der Waals surface area contributed by atoms with Crippen LogP contribution in [-0.2, 0) is 17.6 Å². The molecule has 0 aliphatic heterocycles. The highest BCUT2D eigenvalue weighted by molar-refractivity contribution is 5.90. The average molecular weight is 215 g/mol. The molecule has 1 aromatic rings. The number of nitrogens with zero attached hydrogens (tertiary/aromatic N) is 1. The lowest BCUT2D eigenvalue weighted by atomic mass is 10.1. The van der Waals surface area contributed by atoms with Crippen molar-refractivity contribution in [2.24, 2.45) is 0 Å². The fourth-order valence-corrected chi connectivity index (χ4v) is 1.31. The van der Waals surface area contributed by atoms with E-state index >= 15 is 0 Å². The molecule has 0 amide bonds. The first kappa shape index (κ1) is 12.0. The Hall–Kier alpha value is -2.08. The summed E-state index contributed by atoms with van der Waals surface area (Å²) >= 11 is 0. The number of hydrogen-bond acceptors (Lipinski definition) is 2. The SMILES string of the molecule is CCc1ccc(C/C=C(\C#N)C(=O)O)cc1. The van der Waals surface area contributed by atoms with E-state index in [9.17, 15) is 4.79 Å².